The number of nitrogens with zero attached hydrogens (tertiary/aromatic N) is 2. The van der Waals surface area contributed by atoms with Gasteiger partial charge in [-0.1, -0.05) is 0 Å². The Morgan fingerprint density at radius 3 is 2.87 bits per heavy atom. The standard InChI is InChI=1S/C10H11BrN2OS/c11-8-2-1-3-12-9(8)10(14)13-4-6-15-7-5-13/h1-3H,4-7H2. The van der Waals surface area contributed by atoms with Crippen molar-refractivity contribution in [3.63, 3.8) is 0 Å². The van der Waals surface area contributed by atoms with Gasteiger partial charge in [-0.2, -0.15) is 11.8 Å². The first-order valence-electron chi connectivity index (χ1n) is 4.76. The third kappa shape index (κ3) is 2.52. The lowest BCUT2D eigenvalue weighted by Crippen LogP contribution is -2.38. The van der Waals surface area contributed by atoms with Crippen molar-refractivity contribution < 1.29 is 4.79 Å². The van der Waals surface area contributed by atoms with Crippen molar-refractivity contribution in [2.75, 3.05) is 24.6 Å². The molecule has 0 bridgehead atoms. The van der Waals surface area contributed by atoms with Crippen LogP contribution in [0.4, 0.5) is 0 Å². The summed E-state index contributed by atoms with van der Waals surface area (Å²) in [5, 5.41) is 0. The summed E-state index contributed by atoms with van der Waals surface area (Å²) >= 11 is 5.24. The van der Waals surface area contributed by atoms with Crippen LogP contribution in [0.2, 0.25) is 0 Å². The fraction of sp³-hybridized carbons (Fsp3) is 0.400. The Kier molecular flexibility index (Phi) is 3.64. The number of carbonyl (C=O) groups is 1. The SMILES string of the molecule is O=C(c1ncccc1Br)N1CCSCC1. The van der Waals surface area contributed by atoms with Crippen LogP contribution in [-0.4, -0.2) is 40.4 Å². The van der Waals surface area contributed by atoms with E-state index in [0.717, 1.165) is 29.1 Å². The fourth-order valence-electron chi connectivity index (χ4n) is 1.46. The maximum atomic E-state index is 12.0. The van der Waals surface area contributed by atoms with Crippen LogP contribution in [0.25, 0.3) is 0 Å². The van der Waals surface area contributed by atoms with E-state index in [9.17, 15) is 4.79 Å². The summed E-state index contributed by atoms with van der Waals surface area (Å²) in [5.41, 5.74) is 0.518. The number of pyridine rings is 1. The molecule has 1 fully saturated rings. The zero-order chi connectivity index (χ0) is 10.7. The van der Waals surface area contributed by atoms with Crippen molar-refractivity contribution >= 4 is 33.6 Å². The Hall–Kier alpha value is -0.550. The first kappa shape index (κ1) is 11.0. The number of thioether (sulfide) groups is 1. The highest BCUT2D eigenvalue weighted by molar-refractivity contribution is 9.10. The predicted molar refractivity (Wildman–Crippen MR) is 65.2 cm³/mol. The molecule has 1 amide bonds. The summed E-state index contributed by atoms with van der Waals surface area (Å²) in [4.78, 5) is 18.0. The van der Waals surface area contributed by atoms with Crippen LogP contribution in [0.3, 0.4) is 0 Å². The molecule has 0 unspecified atom stereocenters. The Labute approximate surface area is 101 Å². The van der Waals surface area contributed by atoms with Crippen LogP contribution in [-0.2, 0) is 0 Å². The first-order valence-corrected chi connectivity index (χ1v) is 6.71. The van der Waals surface area contributed by atoms with Crippen molar-refractivity contribution in [2.45, 2.75) is 0 Å². The third-order valence-corrected chi connectivity index (χ3v) is 3.84. The number of hydrogen-bond donors (Lipinski definition) is 0. The zero-order valence-corrected chi connectivity index (χ0v) is 10.6. The average molecular weight is 287 g/mol. The normalized spacial score (nSPS) is 16.5. The fourth-order valence-corrected chi connectivity index (χ4v) is 2.79. The van der Waals surface area contributed by atoms with Gasteiger partial charge in [-0.25, -0.2) is 4.98 Å². The molecule has 0 saturated carbocycles. The molecule has 3 nitrogen and oxygen atoms in total. The summed E-state index contributed by atoms with van der Waals surface area (Å²) < 4.78 is 0.772. The molecule has 0 aliphatic carbocycles. The van der Waals surface area contributed by atoms with Crippen LogP contribution in [0.1, 0.15) is 10.5 Å². The Balaban J connectivity index is 2.16. The van der Waals surface area contributed by atoms with Gasteiger partial charge in [0.25, 0.3) is 5.91 Å². The monoisotopic (exact) mass is 286 g/mol. The van der Waals surface area contributed by atoms with Gasteiger partial charge in [0.1, 0.15) is 5.69 Å². The summed E-state index contributed by atoms with van der Waals surface area (Å²) in [5.74, 6) is 2.08. The molecule has 2 heterocycles. The van der Waals surface area contributed by atoms with E-state index >= 15 is 0 Å². The lowest BCUT2D eigenvalue weighted by atomic mass is 10.3. The summed E-state index contributed by atoms with van der Waals surface area (Å²) in [6, 6.07) is 3.66. The van der Waals surface area contributed by atoms with Crippen molar-refractivity contribution in [1.29, 1.82) is 0 Å². The highest BCUT2D eigenvalue weighted by atomic mass is 79.9. The van der Waals surface area contributed by atoms with Gasteiger partial charge in [-0.05, 0) is 28.1 Å². The molecule has 0 aromatic carbocycles. The molecule has 0 atom stereocenters. The predicted octanol–water partition coefficient (Wildman–Crippen LogP) is 2.03. The lowest BCUT2D eigenvalue weighted by molar-refractivity contribution is 0.0765. The number of hydrogen-bond acceptors (Lipinski definition) is 3. The van der Waals surface area contributed by atoms with Crippen molar-refractivity contribution in [3.05, 3.63) is 28.5 Å². The second-order valence-corrected chi connectivity index (χ2v) is 5.32. The van der Waals surface area contributed by atoms with E-state index in [1.165, 1.54) is 0 Å². The summed E-state index contributed by atoms with van der Waals surface area (Å²) in [7, 11) is 0. The number of carbonyl (C=O) groups excluding carboxylic acids is 1. The van der Waals surface area contributed by atoms with Crippen LogP contribution in [0.5, 0.6) is 0 Å². The highest BCUT2D eigenvalue weighted by Crippen LogP contribution is 2.17. The Morgan fingerprint density at radius 1 is 1.47 bits per heavy atom. The van der Waals surface area contributed by atoms with Gasteiger partial charge in [0.15, 0.2) is 0 Å². The van der Waals surface area contributed by atoms with E-state index in [4.69, 9.17) is 0 Å². The van der Waals surface area contributed by atoms with E-state index in [1.54, 1.807) is 6.20 Å². The van der Waals surface area contributed by atoms with Crippen LogP contribution >= 0.6 is 27.7 Å². The second kappa shape index (κ2) is 4.99. The number of rotatable bonds is 1. The molecule has 1 aliphatic rings. The van der Waals surface area contributed by atoms with Crippen LogP contribution in [0, 0.1) is 0 Å². The third-order valence-electron chi connectivity index (χ3n) is 2.26. The van der Waals surface area contributed by atoms with Gasteiger partial charge in [-0.3, -0.25) is 4.79 Å². The van der Waals surface area contributed by atoms with Gasteiger partial charge >= 0.3 is 0 Å². The zero-order valence-electron chi connectivity index (χ0n) is 8.15. The highest BCUT2D eigenvalue weighted by Gasteiger charge is 2.20. The molecule has 80 valence electrons. The van der Waals surface area contributed by atoms with Crippen LogP contribution < -0.4 is 0 Å². The Bertz CT molecular complexity index is 366. The average Bonchev–Trinajstić information content (AvgIpc) is 2.30. The van der Waals surface area contributed by atoms with E-state index in [2.05, 4.69) is 20.9 Å². The quantitative estimate of drug-likeness (QED) is 0.792. The smallest absolute Gasteiger partial charge is 0.273 e. The lowest BCUT2D eigenvalue weighted by Gasteiger charge is -2.26. The molecule has 15 heavy (non-hydrogen) atoms. The minimum Gasteiger partial charge on any atom is -0.336 e. The minimum absolute atomic E-state index is 0.0303. The maximum absolute atomic E-state index is 12.0. The molecule has 0 spiro atoms. The molecule has 1 aromatic rings. The van der Waals surface area contributed by atoms with E-state index in [-0.39, 0.29) is 5.91 Å². The topological polar surface area (TPSA) is 33.2 Å². The van der Waals surface area contributed by atoms with E-state index < -0.39 is 0 Å². The molecule has 0 N–H and O–H groups in total. The summed E-state index contributed by atoms with van der Waals surface area (Å²) in [6.45, 7) is 1.65. The number of amides is 1. The van der Waals surface area contributed by atoms with Crippen LogP contribution in [0.15, 0.2) is 22.8 Å². The molecule has 1 saturated heterocycles. The first-order chi connectivity index (χ1) is 7.29. The molecule has 0 radical (unpaired) electrons. The molecular weight excluding hydrogens is 276 g/mol. The molecule has 2 rings (SSSR count). The second-order valence-electron chi connectivity index (χ2n) is 3.24. The van der Waals surface area contributed by atoms with Gasteiger partial charge in [0.05, 0.1) is 0 Å². The molecule has 1 aliphatic heterocycles. The van der Waals surface area contributed by atoms with Crippen molar-refractivity contribution in [2.24, 2.45) is 0 Å². The maximum Gasteiger partial charge on any atom is 0.273 e. The van der Waals surface area contributed by atoms with E-state index in [1.807, 2.05) is 28.8 Å². The van der Waals surface area contributed by atoms with Crippen molar-refractivity contribution in [1.82, 2.24) is 9.88 Å². The molecule has 5 heteroatoms. The molecule has 1 aromatic heterocycles. The number of halogens is 1. The van der Waals surface area contributed by atoms with Gasteiger partial charge in [0.2, 0.25) is 0 Å². The van der Waals surface area contributed by atoms with Crippen molar-refractivity contribution in [3.8, 4) is 0 Å². The minimum atomic E-state index is 0.0303. The van der Waals surface area contributed by atoms with Gasteiger partial charge in [0, 0.05) is 35.3 Å². The van der Waals surface area contributed by atoms with E-state index in [0.29, 0.717) is 5.69 Å². The Morgan fingerprint density at radius 2 is 2.20 bits per heavy atom. The number of aromatic nitrogens is 1. The largest absolute Gasteiger partial charge is 0.336 e. The molecular formula is C10H11BrN2OS. The van der Waals surface area contributed by atoms with Gasteiger partial charge in [-0.15, -0.1) is 0 Å². The van der Waals surface area contributed by atoms with Gasteiger partial charge < -0.3 is 4.90 Å². The summed E-state index contributed by atoms with van der Waals surface area (Å²) in [6.07, 6.45) is 1.65.